The normalized spacial score (nSPS) is 12.4. The topological polar surface area (TPSA) is 56.5 Å². The van der Waals surface area contributed by atoms with Crippen molar-refractivity contribution in [3.8, 4) is 18.0 Å². The van der Waals surface area contributed by atoms with Crippen molar-refractivity contribution < 1.29 is 9.53 Å². The molecule has 4 rings (SSSR count). The summed E-state index contributed by atoms with van der Waals surface area (Å²) in [4.78, 5) is 21.6. The van der Waals surface area contributed by atoms with Crippen LogP contribution in [0.4, 0.5) is 0 Å². The van der Waals surface area contributed by atoms with Gasteiger partial charge in [0.1, 0.15) is 6.33 Å². The van der Waals surface area contributed by atoms with Crippen molar-refractivity contribution in [1.82, 2.24) is 9.55 Å². The number of esters is 1. The molecular formula is C23H19N3O2. The first-order chi connectivity index (χ1) is 13.6. The number of hydrogen-bond acceptors (Lipinski definition) is 4. The first-order valence-electron chi connectivity index (χ1n) is 9.07. The molecule has 0 amide bonds. The van der Waals surface area contributed by atoms with Gasteiger partial charge in [-0.1, -0.05) is 36.3 Å². The molecule has 5 nitrogen and oxygen atoms in total. The maximum atomic E-state index is 12.5. The molecular weight excluding hydrogens is 350 g/mol. The molecule has 0 saturated heterocycles. The number of terminal acetylenes is 1. The van der Waals surface area contributed by atoms with E-state index in [0.29, 0.717) is 17.9 Å². The summed E-state index contributed by atoms with van der Waals surface area (Å²) in [5, 5.41) is 0. The van der Waals surface area contributed by atoms with E-state index in [2.05, 4.69) is 10.9 Å². The van der Waals surface area contributed by atoms with Crippen LogP contribution in [-0.4, -0.2) is 27.3 Å². The predicted molar refractivity (Wildman–Crippen MR) is 108 cm³/mol. The molecule has 1 aliphatic rings. The molecule has 0 fully saturated rings. The van der Waals surface area contributed by atoms with Crippen LogP contribution in [0.25, 0.3) is 5.69 Å². The van der Waals surface area contributed by atoms with Gasteiger partial charge in [-0.05, 0) is 32.0 Å². The van der Waals surface area contributed by atoms with Crippen LogP contribution in [0.3, 0.4) is 0 Å². The number of ether oxygens (including phenoxy) is 1. The smallest absolute Gasteiger partial charge is 0.359 e. The highest BCUT2D eigenvalue weighted by Crippen LogP contribution is 2.28. The lowest BCUT2D eigenvalue weighted by molar-refractivity contribution is 0.0370. The third-order valence-corrected chi connectivity index (χ3v) is 4.51. The molecule has 1 aromatic heterocycles. The van der Waals surface area contributed by atoms with Crippen LogP contribution in [0, 0.1) is 12.3 Å². The van der Waals surface area contributed by atoms with E-state index in [0.717, 1.165) is 28.1 Å². The molecule has 0 bridgehead atoms. The minimum Gasteiger partial charge on any atom is -0.458 e. The molecule has 0 saturated carbocycles. The Morgan fingerprint density at radius 3 is 2.71 bits per heavy atom. The van der Waals surface area contributed by atoms with Gasteiger partial charge in [0.2, 0.25) is 0 Å². The number of carbonyl (C=O) groups is 1. The summed E-state index contributed by atoms with van der Waals surface area (Å²) in [7, 11) is 0. The van der Waals surface area contributed by atoms with Crippen LogP contribution in [0.1, 0.15) is 46.7 Å². The number of hydrogen-bond donors (Lipinski definition) is 0. The summed E-state index contributed by atoms with van der Waals surface area (Å²) >= 11 is 0. The van der Waals surface area contributed by atoms with Gasteiger partial charge < -0.3 is 4.74 Å². The zero-order valence-corrected chi connectivity index (χ0v) is 15.7. The number of nitrogens with zero attached hydrogens (tertiary/aromatic N) is 3. The highest BCUT2D eigenvalue weighted by atomic mass is 16.5. The van der Waals surface area contributed by atoms with Gasteiger partial charge >= 0.3 is 5.97 Å². The fourth-order valence-electron chi connectivity index (χ4n) is 3.28. The second kappa shape index (κ2) is 7.16. The monoisotopic (exact) mass is 369 g/mol. The van der Waals surface area contributed by atoms with Crippen molar-refractivity contribution in [3.63, 3.8) is 0 Å². The standard InChI is InChI=1S/C23H19N3O2/c1-4-16-10-11-19-18(12-16)21(17-8-6-5-7-9-17)24-13-20-22(25-14-26(19)20)23(27)28-15(2)3/h1,5-12,14-15H,13H2,2-3H3. The first kappa shape index (κ1) is 17.7. The second-order valence-electron chi connectivity index (χ2n) is 6.77. The fraction of sp³-hybridized carbons (Fsp3) is 0.174. The predicted octanol–water partition coefficient (Wildman–Crippen LogP) is 3.77. The number of imidazole rings is 1. The van der Waals surface area contributed by atoms with Crippen LogP contribution in [0.15, 0.2) is 59.9 Å². The SMILES string of the molecule is C#Cc1ccc2c(c1)C(c1ccccc1)=NCc1c(C(=O)OC(C)C)ncn1-2. The van der Waals surface area contributed by atoms with E-state index >= 15 is 0 Å². The van der Waals surface area contributed by atoms with Crippen molar-refractivity contribution in [2.75, 3.05) is 0 Å². The molecule has 138 valence electrons. The Labute approximate surface area is 163 Å². The van der Waals surface area contributed by atoms with Crippen molar-refractivity contribution in [2.24, 2.45) is 4.99 Å². The van der Waals surface area contributed by atoms with E-state index in [4.69, 9.17) is 16.2 Å². The van der Waals surface area contributed by atoms with Gasteiger partial charge in [-0.3, -0.25) is 9.56 Å². The summed E-state index contributed by atoms with van der Waals surface area (Å²) in [6.07, 6.45) is 7.05. The molecule has 0 spiro atoms. The number of fused-ring (bicyclic) bond motifs is 3. The zero-order valence-electron chi connectivity index (χ0n) is 15.7. The van der Waals surface area contributed by atoms with Gasteiger partial charge in [0.05, 0.1) is 29.7 Å². The van der Waals surface area contributed by atoms with Gasteiger partial charge in [0.25, 0.3) is 0 Å². The number of benzene rings is 2. The maximum absolute atomic E-state index is 12.5. The molecule has 28 heavy (non-hydrogen) atoms. The van der Waals surface area contributed by atoms with E-state index in [9.17, 15) is 4.79 Å². The van der Waals surface area contributed by atoms with E-state index < -0.39 is 5.97 Å². The lowest BCUT2D eigenvalue weighted by atomic mass is 9.98. The molecule has 3 aromatic rings. The Morgan fingerprint density at radius 2 is 2.00 bits per heavy atom. The summed E-state index contributed by atoms with van der Waals surface area (Å²) in [5.74, 6) is 2.24. The summed E-state index contributed by atoms with van der Waals surface area (Å²) in [6.45, 7) is 3.94. The molecule has 1 aliphatic heterocycles. The molecule has 0 atom stereocenters. The lowest BCUT2D eigenvalue weighted by Crippen LogP contribution is -2.14. The number of aliphatic imine (C=N–C) groups is 1. The van der Waals surface area contributed by atoms with Crippen LogP contribution in [-0.2, 0) is 11.3 Å². The first-order valence-corrected chi connectivity index (χ1v) is 9.07. The molecule has 0 aliphatic carbocycles. The van der Waals surface area contributed by atoms with Crippen LogP contribution in [0.2, 0.25) is 0 Å². The van der Waals surface area contributed by atoms with Gasteiger partial charge in [0.15, 0.2) is 5.69 Å². The zero-order chi connectivity index (χ0) is 19.7. The quantitative estimate of drug-likeness (QED) is 0.522. The number of rotatable bonds is 3. The van der Waals surface area contributed by atoms with Crippen molar-refractivity contribution in [1.29, 1.82) is 0 Å². The lowest BCUT2D eigenvalue weighted by Gasteiger charge is -2.12. The third kappa shape index (κ3) is 3.10. The van der Waals surface area contributed by atoms with Gasteiger partial charge in [-0.25, -0.2) is 9.78 Å². The van der Waals surface area contributed by atoms with E-state index in [1.807, 2.05) is 66.9 Å². The van der Waals surface area contributed by atoms with Crippen LogP contribution >= 0.6 is 0 Å². The Balaban J connectivity index is 1.91. The van der Waals surface area contributed by atoms with Gasteiger partial charge in [-0.2, -0.15) is 0 Å². The summed E-state index contributed by atoms with van der Waals surface area (Å²) in [6, 6.07) is 15.7. The molecule has 0 unspecified atom stereocenters. The van der Waals surface area contributed by atoms with Crippen molar-refractivity contribution in [3.05, 3.63) is 82.9 Å². The number of aromatic nitrogens is 2. The Bertz CT molecular complexity index is 1120. The summed E-state index contributed by atoms with van der Waals surface area (Å²) in [5.41, 5.74) is 5.37. The van der Waals surface area contributed by atoms with Gasteiger partial charge in [0, 0.05) is 16.7 Å². The van der Waals surface area contributed by atoms with E-state index in [1.165, 1.54) is 0 Å². The fourth-order valence-corrected chi connectivity index (χ4v) is 3.28. The minimum absolute atomic E-state index is 0.218. The Kier molecular flexibility index (Phi) is 4.54. The van der Waals surface area contributed by atoms with Crippen LogP contribution < -0.4 is 0 Å². The van der Waals surface area contributed by atoms with Gasteiger partial charge in [-0.15, -0.1) is 6.42 Å². The largest absolute Gasteiger partial charge is 0.458 e. The average molecular weight is 369 g/mol. The number of carbonyl (C=O) groups excluding carboxylic acids is 1. The maximum Gasteiger partial charge on any atom is 0.359 e. The van der Waals surface area contributed by atoms with E-state index in [1.54, 1.807) is 6.33 Å². The minimum atomic E-state index is -0.441. The highest BCUT2D eigenvalue weighted by molar-refractivity contribution is 6.15. The van der Waals surface area contributed by atoms with E-state index in [-0.39, 0.29) is 6.10 Å². The highest BCUT2D eigenvalue weighted by Gasteiger charge is 2.25. The molecule has 5 heteroatoms. The average Bonchev–Trinajstić information content (AvgIpc) is 3.05. The third-order valence-electron chi connectivity index (χ3n) is 4.51. The van der Waals surface area contributed by atoms with Crippen molar-refractivity contribution in [2.45, 2.75) is 26.5 Å². The summed E-state index contributed by atoms with van der Waals surface area (Å²) < 4.78 is 7.24. The Morgan fingerprint density at radius 1 is 1.21 bits per heavy atom. The molecule has 0 radical (unpaired) electrons. The van der Waals surface area contributed by atoms with Crippen molar-refractivity contribution >= 4 is 11.7 Å². The molecule has 2 heterocycles. The Hall–Kier alpha value is -3.65. The molecule has 0 N–H and O–H groups in total. The second-order valence-corrected chi connectivity index (χ2v) is 6.77. The van der Waals surface area contributed by atoms with Crippen LogP contribution in [0.5, 0.6) is 0 Å². The molecule has 2 aromatic carbocycles.